The number of carboxylic acid groups (broad SMARTS) is 1. The van der Waals surface area contributed by atoms with Gasteiger partial charge in [-0.15, -0.1) is 0 Å². The van der Waals surface area contributed by atoms with E-state index in [0.717, 1.165) is 29.2 Å². The highest BCUT2D eigenvalue weighted by molar-refractivity contribution is 5.92. The monoisotopic (exact) mass is 272 g/mol. The van der Waals surface area contributed by atoms with Gasteiger partial charge in [-0.3, -0.25) is 0 Å². The van der Waals surface area contributed by atoms with Crippen molar-refractivity contribution in [2.75, 3.05) is 0 Å². The van der Waals surface area contributed by atoms with E-state index < -0.39 is 5.97 Å². The molecule has 0 aliphatic heterocycles. The molecule has 0 amide bonds. The number of imidazole rings is 1. The van der Waals surface area contributed by atoms with Crippen LogP contribution in [0.25, 0.3) is 11.0 Å². The third-order valence-corrected chi connectivity index (χ3v) is 4.47. The molecular weight excluding hydrogens is 252 g/mol. The fourth-order valence-electron chi connectivity index (χ4n) is 3.24. The second-order valence-electron chi connectivity index (χ2n) is 5.78. The summed E-state index contributed by atoms with van der Waals surface area (Å²) in [6, 6.07) is 5.16. The molecule has 0 saturated heterocycles. The highest BCUT2D eigenvalue weighted by atomic mass is 16.4. The smallest absolute Gasteiger partial charge is 0.335 e. The van der Waals surface area contributed by atoms with Gasteiger partial charge in [-0.25, -0.2) is 9.78 Å². The van der Waals surface area contributed by atoms with Crippen molar-refractivity contribution in [2.45, 2.75) is 38.5 Å². The van der Waals surface area contributed by atoms with Crippen LogP contribution in [-0.4, -0.2) is 20.6 Å². The summed E-state index contributed by atoms with van der Waals surface area (Å²) in [5.41, 5.74) is 2.10. The molecule has 0 radical (unpaired) electrons. The molecule has 3 rings (SSSR count). The molecule has 1 aliphatic rings. The van der Waals surface area contributed by atoms with E-state index in [-0.39, 0.29) is 0 Å². The van der Waals surface area contributed by atoms with Crippen LogP contribution in [0.3, 0.4) is 0 Å². The van der Waals surface area contributed by atoms with Crippen LogP contribution in [0.2, 0.25) is 0 Å². The quantitative estimate of drug-likeness (QED) is 0.928. The van der Waals surface area contributed by atoms with Gasteiger partial charge in [0.05, 0.1) is 16.6 Å². The Kier molecular flexibility index (Phi) is 3.47. The Morgan fingerprint density at radius 3 is 2.85 bits per heavy atom. The van der Waals surface area contributed by atoms with E-state index in [1.54, 1.807) is 12.1 Å². The van der Waals surface area contributed by atoms with Crippen LogP contribution in [-0.2, 0) is 13.5 Å². The summed E-state index contributed by atoms with van der Waals surface area (Å²) in [6.07, 6.45) is 7.63. The molecule has 4 heteroatoms. The third kappa shape index (κ3) is 2.42. The molecule has 1 aromatic heterocycles. The lowest BCUT2D eigenvalue weighted by Gasteiger charge is -2.08. The molecule has 20 heavy (non-hydrogen) atoms. The van der Waals surface area contributed by atoms with Crippen LogP contribution in [0.5, 0.6) is 0 Å². The van der Waals surface area contributed by atoms with Gasteiger partial charge in [-0.1, -0.05) is 25.7 Å². The molecule has 0 atom stereocenters. The topological polar surface area (TPSA) is 55.1 Å². The Morgan fingerprint density at radius 2 is 2.15 bits per heavy atom. The molecule has 0 bridgehead atoms. The molecule has 1 aliphatic carbocycles. The van der Waals surface area contributed by atoms with Crippen LogP contribution in [0.4, 0.5) is 0 Å². The number of aromatic carboxylic acids is 1. The highest BCUT2D eigenvalue weighted by Crippen LogP contribution is 2.29. The number of aryl methyl sites for hydroxylation is 2. The maximum atomic E-state index is 11.0. The van der Waals surface area contributed by atoms with Crippen molar-refractivity contribution in [3.63, 3.8) is 0 Å². The van der Waals surface area contributed by atoms with Gasteiger partial charge in [0.2, 0.25) is 0 Å². The van der Waals surface area contributed by atoms with Crippen molar-refractivity contribution in [3.8, 4) is 0 Å². The summed E-state index contributed by atoms with van der Waals surface area (Å²) in [5.74, 6) is 1.02. The van der Waals surface area contributed by atoms with Crippen molar-refractivity contribution in [1.29, 1.82) is 0 Å². The molecule has 0 unspecified atom stereocenters. The Hall–Kier alpha value is -1.84. The van der Waals surface area contributed by atoms with Crippen molar-refractivity contribution in [1.82, 2.24) is 9.55 Å². The standard InChI is InChI=1S/C16H20N2O2/c1-18-14-8-7-12(16(19)20)10-13(14)17-15(18)9-6-11-4-2-3-5-11/h7-8,10-11H,2-6,9H2,1H3,(H,19,20). The Bertz CT molecular complexity index is 639. The first-order valence-corrected chi connectivity index (χ1v) is 7.34. The lowest BCUT2D eigenvalue weighted by molar-refractivity contribution is 0.0697. The minimum atomic E-state index is -0.898. The van der Waals surface area contributed by atoms with Crippen molar-refractivity contribution >= 4 is 17.0 Å². The number of hydrogen-bond donors (Lipinski definition) is 1. The number of fused-ring (bicyclic) bond motifs is 1. The molecule has 1 saturated carbocycles. The van der Waals surface area contributed by atoms with E-state index >= 15 is 0 Å². The summed E-state index contributed by atoms with van der Waals surface area (Å²) >= 11 is 0. The predicted molar refractivity (Wildman–Crippen MR) is 78.0 cm³/mol. The molecule has 4 nitrogen and oxygen atoms in total. The van der Waals surface area contributed by atoms with Gasteiger partial charge in [0.15, 0.2) is 0 Å². The number of benzene rings is 1. The fourth-order valence-corrected chi connectivity index (χ4v) is 3.24. The minimum Gasteiger partial charge on any atom is -0.478 e. The first-order valence-electron chi connectivity index (χ1n) is 7.34. The molecule has 1 aromatic carbocycles. The fraction of sp³-hybridized carbons (Fsp3) is 0.500. The van der Waals surface area contributed by atoms with E-state index in [9.17, 15) is 4.79 Å². The summed E-state index contributed by atoms with van der Waals surface area (Å²) < 4.78 is 2.09. The van der Waals surface area contributed by atoms with Gasteiger partial charge in [-0.05, 0) is 30.5 Å². The SMILES string of the molecule is Cn1c(CCC2CCCC2)nc2cc(C(=O)O)ccc21. The minimum absolute atomic E-state index is 0.304. The molecule has 1 fully saturated rings. The molecule has 106 valence electrons. The number of aromatic nitrogens is 2. The van der Waals surface area contributed by atoms with E-state index in [4.69, 9.17) is 5.11 Å². The largest absolute Gasteiger partial charge is 0.478 e. The zero-order valence-electron chi connectivity index (χ0n) is 11.8. The lowest BCUT2D eigenvalue weighted by Crippen LogP contribution is -2.02. The van der Waals surface area contributed by atoms with Crippen LogP contribution in [0.15, 0.2) is 18.2 Å². The maximum Gasteiger partial charge on any atom is 0.335 e. The number of carbonyl (C=O) groups is 1. The number of nitrogens with zero attached hydrogens (tertiary/aromatic N) is 2. The number of carboxylic acids is 1. The van der Waals surface area contributed by atoms with Gasteiger partial charge in [0.25, 0.3) is 0 Å². The van der Waals surface area contributed by atoms with E-state index in [2.05, 4.69) is 9.55 Å². The summed E-state index contributed by atoms with van der Waals surface area (Å²) in [6.45, 7) is 0. The highest BCUT2D eigenvalue weighted by Gasteiger charge is 2.17. The summed E-state index contributed by atoms with van der Waals surface area (Å²) in [4.78, 5) is 15.6. The second kappa shape index (κ2) is 5.27. The Balaban J connectivity index is 1.83. The van der Waals surface area contributed by atoms with Crippen LogP contribution < -0.4 is 0 Å². The Morgan fingerprint density at radius 1 is 1.40 bits per heavy atom. The number of hydrogen-bond acceptors (Lipinski definition) is 2. The lowest BCUT2D eigenvalue weighted by atomic mass is 10.0. The van der Waals surface area contributed by atoms with Gasteiger partial charge < -0.3 is 9.67 Å². The third-order valence-electron chi connectivity index (χ3n) is 4.47. The van der Waals surface area contributed by atoms with Gasteiger partial charge in [-0.2, -0.15) is 0 Å². The average molecular weight is 272 g/mol. The predicted octanol–water partition coefficient (Wildman–Crippen LogP) is 3.39. The van der Waals surface area contributed by atoms with E-state index in [0.29, 0.717) is 5.56 Å². The number of rotatable bonds is 4. The zero-order valence-corrected chi connectivity index (χ0v) is 11.8. The molecular formula is C16H20N2O2. The normalized spacial score (nSPS) is 16.1. The van der Waals surface area contributed by atoms with E-state index in [1.165, 1.54) is 32.1 Å². The molecule has 2 aromatic rings. The Labute approximate surface area is 118 Å². The van der Waals surface area contributed by atoms with E-state index in [1.807, 2.05) is 13.1 Å². The van der Waals surface area contributed by atoms with Gasteiger partial charge in [0.1, 0.15) is 5.82 Å². The van der Waals surface area contributed by atoms with Crippen molar-refractivity contribution in [2.24, 2.45) is 13.0 Å². The summed E-state index contributed by atoms with van der Waals surface area (Å²) in [5, 5.41) is 9.03. The first-order chi connectivity index (χ1) is 9.65. The van der Waals surface area contributed by atoms with Crippen molar-refractivity contribution in [3.05, 3.63) is 29.6 Å². The molecule has 1 heterocycles. The van der Waals surface area contributed by atoms with Gasteiger partial charge in [0, 0.05) is 13.5 Å². The van der Waals surface area contributed by atoms with Crippen molar-refractivity contribution < 1.29 is 9.90 Å². The molecule has 0 spiro atoms. The molecule has 1 N–H and O–H groups in total. The summed E-state index contributed by atoms with van der Waals surface area (Å²) in [7, 11) is 2.01. The van der Waals surface area contributed by atoms with Crippen LogP contribution in [0.1, 0.15) is 48.3 Å². The first kappa shape index (κ1) is 13.2. The second-order valence-corrected chi connectivity index (χ2v) is 5.78. The zero-order chi connectivity index (χ0) is 14.1. The average Bonchev–Trinajstić information content (AvgIpc) is 3.04. The van der Waals surface area contributed by atoms with Crippen LogP contribution in [0, 0.1) is 5.92 Å². The van der Waals surface area contributed by atoms with Gasteiger partial charge >= 0.3 is 5.97 Å². The van der Waals surface area contributed by atoms with Crippen LogP contribution >= 0.6 is 0 Å². The maximum absolute atomic E-state index is 11.0.